The number of amides is 2. The topological polar surface area (TPSA) is 84.9 Å². The zero-order chi connectivity index (χ0) is 23.5. The van der Waals surface area contributed by atoms with Crippen molar-refractivity contribution in [3.8, 4) is 5.75 Å². The second-order valence-corrected chi connectivity index (χ2v) is 7.69. The van der Waals surface area contributed by atoms with Gasteiger partial charge in [-0.25, -0.2) is 0 Å². The first kappa shape index (κ1) is 24.0. The summed E-state index contributed by atoms with van der Waals surface area (Å²) in [5, 5.41) is 2.72. The standard InChI is InChI=1S/C26H30N2O5/c1-2-32-22-13-10-21(11-14-22)12-15-24(29)28-17-16-27-26(31)23(28)19-25(30)33-18-6-9-20-7-4-3-5-8-20/h3-5,7-8,10-15,23H,2,6,9,16-19H2,1H3,(H,27,31)/b15-12+. The summed E-state index contributed by atoms with van der Waals surface area (Å²) in [5.41, 5.74) is 2.01. The Kier molecular flexibility index (Phi) is 9.06. The maximum atomic E-state index is 12.8. The molecule has 1 fully saturated rings. The van der Waals surface area contributed by atoms with Crippen LogP contribution in [0.15, 0.2) is 60.7 Å². The highest BCUT2D eigenvalue weighted by molar-refractivity contribution is 5.97. The number of nitrogens with zero attached hydrogens (tertiary/aromatic N) is 1. The van der Waals surface area contributed by atoms with E-state index < -0.39 is 12.0 Å². The molecule has 0 bridgehead atoms. The zero-order valence-electron chi connectivity index (χ0n) is 18.9. The Bertz CT molecular complexity index is 956. The van der Waals surface area contributed by atoms with Gasteiger partial charge in [0.15, 0.2) is 0 Å². The molecule has 2 aromatic carbocycles. The van der Waals surface area contributed by atoms with Crippen LogP contribution < -0.4 is 10.1 Å². The number of esters is 1. The summed E-state index contributed by atoms with van der Waals surface area (Å²) in [6.07, 6.45) is 4.44. The Morgan fingerprint density at radius 2 is 1.88 bits per heavy atom. The molecule has 33 heavy (non-hydrogen) atoms. The van der Waals surface area contributed by atoms with E-state index >= 15 is 0 Å². The molecular weight excluding hydrogens is 420 g/mol. The molecule has 1 aliphatic heterocycles. The van der Waals surface area contributed by atoms with Crippen LogP contribution in [0, 0.1) is 0 Å². The van der Waals surface area contributed by atoms with E-state index in [0.717, 1.165) is 17.7 Å². The number of rotatable bonds is 10. The van der Waals surface area contributed by atoms with E-state index in [0.29, 0.717) is 26.1 Å². The fraction of sp³-hybridized carbons (Fsp3) is 0.346. The van der Waals surface area contributed by atoms with Crippen LogP contribution in [-0.2, 0) is 25.5 Å². The fourth-order valence-electron chi connectivity index (χ4n) is 3.61. The van der Waals surface area contributed by atoms with Crippen molar-refractivity contribution in [3.05, 3.63) is 71.8 Å². The average Bonchev–Trinajstić information content (AvgIpc) is 2.83. The summed E-state index contributed by atoms with van der Waals surface area (Å²) < 4.78 is 10.7. The molecule has 1 heterocycles. The van der Waals surface area contributed by atoms with Crippen molar-refractivity contribution in [3.63, 3.8) is 0 Å². The van der Waals surface area contributed by atoms with Gasteiger partial charge in [-0.15, -0.1) is 0 Å². The van der Waals surface area contributed by atoms with Crippen LogP contribution in [0.2, 0.25) is 0 Å². The zero-order valence-corrected chi connectivity index (χ0v) is 18.9. The number of hydrogen-bond acceptors (Lipinski definition) is 5. The number of aryl methyl sites for hydroxylation is 1. The normalized spacial score (nSPS) is 15.8. The second-order valence-electron chi connectivity index (χ2n) is 7.69. The molecule has 7 nitrogen and oxygen atoms in total. The Hall–Kier alpha value is -3.61. The Balaban J connectivity index is 1.51. The van der Waals surface area contributed by atoms with E-state index in [4.69, 9.17) is 9.47 Å². The number of piperazine rings is 1. The molecule has 0 aromatic heterocycles. The molecule has 1 saturated heterocycles. The van der Waals surface area contributed by atoms with Crippen LogP contribution in [0.4, 0.5) is 0 Å². The van der Waals surface area contributed by atoms with E-state index in [-0.39, 0.29) is 24.8 Å². The molecule has 1 N–H and O–H groups in total. The summed E-state index contributed by atoms with van der Waals surface area (Å²) in [6, 6.07) is 16.4. The summed E-state index contributed by atoms with van der Waals surface area (Å²) in [4.78, 5) is 38.9. The first-order valence-electron chi connectivity index (χ1n) is 11.3. The Morgan fingerprint density at radius 1 is 1.12 bits per heavy atom. The van der Waals surface area contributed by atoms with Gasteiger partial charge >= 0.3 is 5.97 Å². The van der Waals surface area contributed by atoms with Crippen LogP contribution in [0.1, 0.15) is 30.9 Å². The molecule has 7 heteroatoms. The van der Waals surface area contributed by atoms with Gasteiger partial charge in [0.1, 0.15) is 11.8 Å². The molecule has 1 unspecified atom stereocenters. The average molecular weight is 451 g/mol. The van der Waals surface area contributed by atoms with Crippen molar-refractivity contribution in [2.75, 3.05) is 26.3 Å². The van der Waals surface area contributed by atoms with E-state index in [1.165, 1.54) is 16.5 Å². The van der Waals surface area contributed by atoms with Crippen LogP contribution in [0.5, 0.6) is 5.75 Å². The number of carbonyl (C=O) groups is 3. The Morgan fingerprint density at radius 3 is 2.61 bits per heavy atom. The lowest BCUT2D eigenvalue weighted by molar-refractivity contribution is -0.150. The van der Waals surface area contributed by atoms with Gasteiger partial charge in [-0.3, -0.25) is 14.4 Å². The number of benzene rings is 2. The SMILES string of the molecule is CCOc1ccc(/C=C/C(=O)N2CCNC(=O)C2CC(=O)OCCCc2ccccc2)cc1. The number of hydrogen-bond donors (Lipinski definition) is 1. The lowest BCUT2D eigenvalue weighted by Crippen LogP contribution is -2.57. The van der Waals surface area contributed by atoms with Gasteiger partial charge in [0.2, 0.25) is 11.8 Å². The quantitative estimate of drug-likeness (QED) is 0.342. The van der Waals surface area contributed by atoms with Crippen LogP contribution >= 0.6 is 0 Å². The minimum Gasteiger partial charge on any atom is -0.494 e. The van der Waals surface area contributed by atoms with Crippen molar-refractivity contribution >= 4 is 23.9 Å². The van der Waals surface area contributed by atoms with Gasteiger partial charge < -0.3 is 19.7 Å². The van der Waals surface area contributed by atoms with Crippen LogP contribution in [0.25, 0.3) is 6.08 Å². The number of nitrogens with one attached hydrogen (secondary N) is 1. The molecular formula is C26H30N2O5. The van der Waals surface area contributed by atoms with Crippen molar-refractivity contribution in [1.82, 2.24) is 10.2 Å². The predicted octanol–water partition coefficient (Wildman–Crippen LogP) is 2.99. The fourth-order valence-corrected chi connectivity index (χ4v) is 3.61. The molecule has 3 rings (SSSR count). The number of carbonyl (C=O) groups excluding carboxylic acids is 3. The van der Waals surface area contributed by atoms with Gasteiger partial charge in [0.05, 0.1) is 19.6 Å². The predicted molar refractivity (Wildman–Crippen MR) is 125 cm³/mol. The maximum absolute atomic E-state index is 12.8. The highest BCUT2D eigenvalue weighted by Gasteiger charge is 2.34. The first-order valence-corrected chi connectivity index (χ1v) is 11.3. The molecule has 1 atom stereocenters. The minimum absolute atomic E-state index is 0.167. The molecule has 2 aromatic rings. The van der Waals surface area contributed by atoms with Gasteiger partial charge in [-0.1, -0.05) is 42.5 Å². The Labute approximate surface area is 194 Å². The molecule has 0 radical (unpaired) electrons. The van der Waals surface area contributed by atoms with E-state index in [9.17, 15) is 14.4 Å². The smallest absolute Gasteiger partial charge is 0.308 e. The molecule has 0 spiro atoms. The first-order chi connectivity index (χ1) is 16.1. The van der Waals surface area contributed by atoms with E-state index in [1.54, 1.807) is 6.08 Å². The minimum atomic E-state index is -0.877. The van der Waals surface area contributed by atoms with Crippen molar-refractivity contribution in [2.45, 2.75) is 32.2 Å². The monoisotopic (exact) mass is 450 g/mol. The largest absolute Gasteiger partial charge is 0.494 e. The molecule has 2 amide bonds. The number of ether oxygens (including phenoxy) is 2. The highest BCUT2D eigenvalue weighted by atomic mass is 16.5. The van der Waals surface area contributed by atoms with Gasteiger partial charge in [0.25, 0.3) is 0 Å². The van der Waals surface area contributed by atoms with Crippen LogP contribution in [0.3, 0.4) is 0 Å². The molecule has 174 valence electrons. The third kappa shape index (κ3) is 7.49. The summed E-state index contributed by atoms with van der Waals surface area (Å²) in [6.45, 7) is 3.46. The third-order valence-electron chi connectivity index (χ3n) is 5.30. The van der Waals surface area contributed by atoms with Crippen LogP contribution in [-0.4, -0.2) is 55.0 Å². The molecule has 0 saturated carbocycles. The lowest BCUT2D eigenvalue weighted by atomic mass is 10.1. The maximum Gasteiger partial charge on any atom is 0.308 e. The van der Waals surface area contributed by atoms with Gasteiger partial charge in [-0.2, -0.15) is 0 Å². The lowest BCUT2D eigenvalue weighted by Gasteiger charge is -2.33. The highest BCUT2D eigenvalue weighted by Crippen LogP contribution is 2.15. The van der Waals surface area contributed by atoms with Gasteiger partial charge in [0, 0.05) is 19.2 Å². The second kappa shape index (κ2) is 12.4. The summed E-state index contributed by atoms with van der Waals surface area (Å²) in [7, 11) is 0. The summed E-state index contributed by atoms with van der Waals surface area (Å²) in [5.74, 6) is -0.389. The molecule has 0 aliphatic carbocycles. The van der Waals surface area contributed by atoms with E-state index in [1.807, 2.05) is 61.5 Å². The van der Waals surface area contributed by atoms with E-state index in [2.05, 4.69) is 5.32 Å². The van der Waals surface area contributed by atoms with Crippen molar-refractivity contribution in [2.24, 2.45) is 0 Å². The van der Waals surface area contributed by atoms with Crippen molar-refractivity contribution < 1.29 is 23.9 Å². The van der Waals surface area contributed by atoms with Gasteiger partial charge in [-0.05, 0) is 49.1 Å². The van der Waals surface area contributed by atoms with Crippen molar-refractivity contribution in [1.29, 1.82) is 0 Å². The molecule has 1 aliphatic rings. The third-order valence-corrected chi connectivity index (χ3v) is 5.30. The summed E-state index contributed by atoms with van der Waals surface area (Å²) >= 11 is 0.